The number of nitro groups is 1. The molecule has 19 heavy (non-hydrogen) atoms. The zero-order valence-electron chi connectivity index (χ0n) is 11.3. The summed E-state index contributed by atoms with van der Waals surface area (Å²) in [7, 11) is 1.58. The maximum Gasteiger partial charge on any atom is 0.433 e. The summed E-state index contributed by atoms with van der Waals surface area (Å²) in [5.41, 5.74) is 0. The molecule has 1 rings (SSSR count). The van der Waals surface area contributed by atoms with Crippen LogP contribution in [0.5, 0.6) is 0 Å². The van der Waals surface area contributed by atoms with Crippen LogP contribution in [0.3, 0.4) is 0 Å². The fraction of sp³-hybridized carbons (Fsp3) is 0.583. The zero-order chi connectivity index (χ0) is 14.4. The van der Waals surface area contributed by atoms with Crippen molar-refractivity contribution in [3.05, 3.63) is 28.0 Å². The molecule has 1 atom stereocenters. The molecule has 0 fully saturated rings. The lowest BCUT2D eigenvalue weighted by Crippen LogP contribution is -2.43. The molecule has 0 aliphatic heterocycles. The van der Waals surface area contributed by atoms with Crippen LogP contribution in [0.15, 0.2) is 16.5 Å². The second kappa shape index (κ2) is 6.89. The molecule has 0 saturated heterocycles. The minimum absolute atomic E-state index is 0.102. The lowest BCUT2D eigenvalue weighted by atomic mass is 10.0. The number of nitrogens with zero attached hydrogens (tertiary/aromatic N) is 1. The van der Waals surface area contributed by atoms with Crippen molar-refractivity contribution in [2.45, 2.75) is 32.9 Å². The summed E-state index contributed by atoms with van der Waals surface area (Å²) in [6.07, 6.45) is 0.683. The van der Waals surface area contributed by atoms with Crippen molar-refractivity contribution in [2.24, 2.45) is 5.92 Å². The van der Waals surface area contributed by atoms with Gasteiger partial charge in [0.2, 0.25) is 5.91 Å². The smallest absolute Gasteiger partial charge is 0.404 e. The molecule has 0 aliphatic rings. The first-order chi connectivity index (χ1) is 8.93. The van der Waals surface area contributed by atoms with E-state index in [0.717, 1.165) is 0 Å². The quantitative estimate of drug-likeness (QED) is 0.576. The first kappa shape index (κ1) is 15.2. The molecule has 0 radical (unpaired) electrons. The molecule has 0 bridgehead atoms. The molecule has 1 heterocycles. The van der Waals surface area contributed by atoms with Gasteiger partial charge in [-0.1, -0.05) is 13.8 Å². The summed E-state index contributed by atoms with van der Waals surface area (Å²) < 4.78 is 5.02. The molecule has 106 valence electrons. The van der Waals surface area contributed by atoms with Crippen LogP contribution >= 0.6 is 0 Å². The Kier molecular flexibility index (Phi) is 5.50. The lowest BCUT2D eigenvalue weighted by Gasteiger charge is -2.18. The van der Waals surface area contributed by atoms with E-state index in [1.54, 1.807) is 7.05 Å². The second-order valence-electron chi connectivity index (χ2n) is 4.67. The molecule has 7 nitrogen and oxygen atoms in total. The van der Waals surface area contributed by atoms with E-state index < -0.39 is 4.92 Å². The topological polar surface area (TPSA) is 97.4 Å². The van der Waals surface area contributed by atoms with Gasteiger partial charge < -0.3 is 9.73 Å². The highest BCUT2D eigenvalue weighted by Crippen LogP contribution is 2.15. The number of carbonyl (C=O) groups excluding carboxylic acids is 1. The third kappa shape index (κ3) is 4.70. The van der Waals surface area contributed by atoms with Crippen molar-refractivity contribution in [3.8, 4) is 0 Å². The molecule has 1 amide bonds. The van der Waals surface area contributed by atoms with Crippen molar-refractivity contribution in [3.63, 3.8) is 0 Å². The number of likely N-dealkylation sites (N-methyl/N-ethyl adjacent to an activating group) is 1. The molecule has 0 aromatic carbocycles. The van der Waals surface area contributed by atoms with Crippen molar-refractivity contribution >= 4 is 11.8 Å². The van der Waals surface area contributed by atoms with Gasteiger partial charge in [0.15, 0.2) is 0 Å². The van der Waals surface area contributed by atoms with E-state index in [1.165, 1.54) is 12.1 Å². The number of rotatable bonds is 7. The minimum Gasteiger partial charge on any atom is -0.404 e. The fourth-order valence-corrected chi connectivity index (χ4v) is 1.71. The highest BCUT2D eigenvalue weighted by Gasteiger charge is 2.19. The SMILES string of the molecule is CNC(=O)C(CC(C)C)NCc1ccc([N+](=O)[O-])o1. The maximum atomic E-state index is 11.7. The Hall–Kier alpha value is -1.89. The van der Waals surface area contributed by atoms with E-state index in [0.29, 0.717) is 18.1 Å². The summed E-state index contributed by atoms with van der Waals surface area (Å²) >= 11 is 0. The Labute approximate surface area is 111 Å². The number of hydrogen-bond donors (Lipinski definition) is 2. The predicted molar refractivity (Wildman–Crippen MR) is 69.5 cm³/mol. The average molecular weight is 269 g/mol. The number of furan rings is 1. The highest BCUT2D eigenvalue weighted by atomic mass is 16.6. The summed E-state index contributed by atoms with van der Waals surface area (Å²) in [6.45, 7) is 4.32. The second-order valence-corrected chi connectivity index (χ2v) is 4.67. The predicted octanol–water partition coefficient (Wildman–Crippen LogP) is 1.44. The van der Waals surface area contributed by atoms with Crippen LogP contribution in [0.2, 0.25) is 0 Å². The monoisotopic (exact) mass is 269 g/mol. The zero-order valence-corrected chi connectivity index (χ0v) is 11.3. The van der Waals surface area contributed by atoms with Crippen LogP contribution < -0.4 is 10.6 Å². The van der Waals surface area contributed by atoms with Crippen molar-refractivity contribution < 1.29 is 14.1 Å². The molecule has 1 aromatic heterocycles. The van der Waals surface area contributed by atoms with E-state index in [-0.39, 0.29) is 24.4 Å². The van der Waals surface area contributed by atoms with Gasteiger partial charge >= 0.3 is 5.88 Å². The summed E-state index contributed by atoms with van der Waals surface area (Å²) in [5, 5.41) is 16.1. The van der Waals surface area contributed by atoms with E-state index in [1.807, 2.05) is 13.8 Å². The van der Waals surface area contributed by atoms with Crippen LogP contribution in [0.4, 0.5) is 5.88 Å². The fourth-order valence-electron chi connectivity index (χ4n) is 1.71. The van der Waals surface area contributed by atoms with E-state index in [2.05, 4.69) is 10.6 Å². The van der Waals surface area contributed by atoms with Crippen LogP contribution in [0.1, 0.15) is 26.0 Å². The molecule has 7 heteroatoms. The standard InChI is InChI=1S/C12H19N3O4/c1-8(2)6-10(12(16)13-3)14-7-9-4-5-11(19-9)15(17)18/h4-5,8,10,14H,6-7H2,1-3H3,(H,13,16). The van der Waals surface area contributed by atoms with Crippen LogP contribution in [0.25, 0.3) is 0 Å². The first-order valence-corrected chi connectivity index (χ1v) is 6.12. The van der Waals surface area contributed by atoms with Gasteiger partial charge in [0, 0.05) is 7.05 Å². The van der Waals surface area contributed by atoms with Gasteiger partial charge in [-0.3, -0.25) is 20.2 Å². The summed E-state index contributed by atoms with van der Waals surface area (Å²) in [6, 6.07) is 2.49. The molecular weight excluding hydrogens is 250 g/mol. The number of amides is 1. The third-order valence-electron chi connectivity index (χ3n) is 2.62. The molecule has 2 N–H and O–H groups in total. The number of carbonyl (C=O) groups is 1. The summed E-state index contributed by atoms with van der Waals surface area (Å²) in [5.74, 6) is 0.400. The molecule has 0 aliphatic carbocycles. The molecule has 1 unspecified atom stereocenters. The van der Waals surface area contributed by atoms with Crippen LogP contribution in [0, 0.1) is 16.0 Å². The normalized spacial score (nSPS) is 12.4. The molecule has 0 saturated carbocycles. The third-order valence-corrected chi connectivity index (χ3v) is 2.62. The minimum atomic E-state index is -0.589. The first-order valence-electron chi connectivity index (χ1n) is 6.12. The van der Waals surface area contributed by atoms with E-state index in [4.69, 9.17) is 4.42 Å². The van der Waals surface area contributed by atoms with Crippen molar-refractivity contribution in [1.29, 1.82) is 0 Å². The van der Waals surface area contributed by atoms with Crippen LogP contribution in [-0.4, -0.2) is 23.9 Å². The van der Waals surface area contributed by atoms with Gasteiger partial charge in [0.1, 0.15) is 10.7 Å². The average Bonchev–Trinajstić information content (AvgIpc) is 2.82. The Morgan fingerprint density at radius 1 is 1.47 bits per heavy atom. The number of hydrogen-bond acceptors (Lipinski definition) is 5. The highest BCUT2D eigenvalue weighted by molar-refractivity contribution is 5.81. The van der Waals surface area contributed by atoms with Gasteiger partial charge in [-0.15, -0.1) is 0 Å². The van der Waals surface area contributed by atoms with Gasteiger partial charge in [-0.25, -0.2) is 0 Å². The number of nitrogens with one attached hydrogen (secondary N) is 2. The van der Waals surface area contributed by atoms with Gasteiger partial charge in [-0.05, 0) is 18.4 Å². The molecular formula is C12H19N3O4. The summed E-state index contributed by atoms with van der Waals surface area (Å²) in [4.78, 5) is 21.6. The van der Waals surface area contributed by atoms with Crippen LogP contribution in [-0.2, 0) is 11.3 Å². The molecule has 1 aromatic rings. The van der Waals surface area contributed by atoms with E-state index >= 15 is 0 Å². The Morgan fingerprint density at radius 3 is 2.63 bits per heavy atom. The maximum absolute atomic E-state index is 11.7. The van der Waals surface area contributed by atoms with E-state index in [9.17, 15) is 14.9 Å². The lowest BCUT2D eigenvalue weighted by molar-refractivity contribution is -0.402. The molecule has 0 spiro atoms. The Morgan fingerprint density at radius 2 is 2.16 bits per heavy atom. The largest absolute Gasteiger partial charge is 0.433 e. The van der Waals surface area contributed by atoms with Gasteiger partial charge in [-0.2, -0.15) is 0 Å². The van der Waals surface area contributed by atoms with Gasteiger partial charge in [0.05, 0.1) is 18.7 Å². The van der Waals surface area contributed by atoms with Crippen molar-refractivity contribution in [1.82, 2.24) is 10.6 Å². The van der Waals surface area contributed by atoms with Gasteiger partial charge in [0.25, 0.3) is 0 Å². The Balaban J connectivity index is 2.59. The Bertz CT molecular complexity index is 442. The van der Waals surface area contributed by atoms with Crippen molar-refractivity contribution in [2.75, 3.05) is 7.05 Å².